The molecule has 2 aromatic rings. The number of halogens is 2. The van der Waals surface area contributed by atoms with E-state index in [1.165, 1.54) is 24.3 Å². The van der Waals surface area contributed by atoms with Gasteiger partial charge in [0.25, 0.3) is 11.6 Å². The molecule has 0 spiro atoms. The lowest BCUT2D eigenvalue weighted by Crippen LogP contribution is -2.20. The van der Waals surface area contributed by atoms with Crippen LogP contribution in [0, 0.1) is 21.7 Å². The van der Waals surface area contributed by atoms with Crippen LogP contribution in [-0.4, -0.2) is 23.4 Å². The lowest BCUT2D eigenvalue weighted by atomic mass is 10.1. The lowest BCUT2D eigenvalue weighted by molar-refractivity contribution is -0.385. The number of nitrogens with zero attached hydrogens (tertiary/aromatic N) is 1. The summed E-state index contributed by atoms with van der Waals surface area (Å²) in [4.78, 5) is 33.4. The average Bonchev–Trinajstić information content (AvgIpc) is 2.61. The summed E-state index contributed by atoms with van der Waals surface area (Å²) in [7, 11) is 0. The van der Waals surface area contributed by atoms with Crippen molar-refractivity contribution in [1.82, 2.24) is 0 Å². The van der Waals surface area contributed by atoms with E-state index in [2.05, 4.69) is 10.1 Å². The van der Waals surface area contributed by atoms with Crippen molar-refractivity contribution in [3.63, 3.8) is 0 Å². The number of hydrogen-bond donors (Lipinski definition) is 1. The number of carbonyl (C=O) groups is 2. The number of amides is 1. The van der Waals surface area contributed by atoms with Gasteiger partial charge < -0.3 is 10.1 Å². The molecule has 26 heavy (non-hydrogen) atoms. The number of rotatable bonds is 6. The molecular weight excluding hydrogens is 350 g/mol. The zero-order valence-electron chi connectivity index (χ0n) is 13.1. The molecule has 0 aromatic heterocycles. The minimum Gasteiger partial charge on any atom is -0.452 e. The Morgan fingerprint density at radius 3 is 2.65 bits per heavy atom. The summed E-state index contributed by atoms with van der Waals surface area (Å²) < 4.78 is 31.0. The summed E-state index contributed by atoms with van der Waals surface area (Å²) in [6.45, 7) is -0.740. The van der Waals surface area contributed by atoms with E-state index in [1.54, 1.807) is 6.07 Å². The average molecular weight is 362 g/mol. The minimum atomic E-state index is -0.932. The molecule has 0 unspecified atom stereocenters. The van der Waals surface area contributed by atoms with Crippen molar-refractivity contribution in [1.29, 1.82) is 0 Å². The Morgan fingerprint density at radius 1 is 1.19 bits per heavy atom. The van der Waals surface area contributed by atoms with Crippen LogP contribution >= 0.6 is 0 Å². The highest BCUT2D eigenvalue weighted by atomic mass is 19.1. The molecule has 0 atom stereocenters. The molecule has 0 heterocycles. The smallest absolute Gasteiger partial charge is 0.331 e. The topological polar surface area (TPSA) is 98.5 Å². The number of carbonyl (C=O) groups excluding carboxylic acids is 2. The van der Waals surface area contributed by atoms with Crippen molar-refractivity contribution in [2.45, 2.75) is 0 Å². The number of esters is 1. The van der Waals surface area contributed by atoms with Crippen LogP contribution in [0.4, 0.5) is 20.2 Å². The first kappa shape index (κ1) is 18.7. The predicted molar refractivity (Wildman–Crippen MR) is 88.1 cm³/mol. The standard InChI is InChI=1S/C17H12F2N2O5/c18-12-6-7-13(19)14(9-12)20-16(22)10-26-17(23)8-5-11-3-1-2-4-15(11)21(24)25/h1-9H,10H2,(H,20,22)/b8-5+. The molecular formula is C17H12F2N2O5. The first-order chi connectivity index (χ1) is 12.4. The van der Waals surface area contributed by atoms with E-state index in [0.717, 1.165) is 24.3 Å². The van der Waals surface area contributed by atoms with Crippen LogP contribution in [0.2, 0.25) is 0 Å². The molecule has 9 heteroatoms. The normalized spacial score (nSPS) is 10.5. The van der Waals surface area contributed by atoms with Crippen LogP contribution in [0.25, 0.3) is 6.08 Å². The van der Waals surface area contributed by atoms with E-state index >= 15 is 0 Å². The summed E-state index contributed by atoms with van der Waals surface area (Å²) in [5.41, 5.74) is -0.405. The third-order valence-corrected chi connectivity index (χ3v) is 3.08. The first-order valence-corrected chi connectivity index (χ1v) is 7.20. The van der Waals surface area contributed by atoms with Crippen molar-refractivity contribution in [3.8, 4) is 0 Å². The first-order valence-electron chi connectivity index (χ1n) is 7.20. The highest BCUT2D eigenvalue weighted by molar-refractivity contribution is 5.94. The van der Waals surface area contributed by atoms with Gasteiger partial charge in [-0.15, -0.1) is 0 Å². The quantitative estimate of drug-likeness (QED) is 0.369. The molecule has 0 aliphatic rings. The van der Waals surface area contributed by atoms with E-state index in [4.69, 9.17) is 0 Å². The van der Waals surface area contributed by atoms with Gasteiger partial charge >= 0.3 is 5.97 Å². The fourth-order valence-corrected chi connectivity index (χ4v) is 1.92. The maximum absolute atomic E-state index is 13.4. The van der Waals surface area contributed by atoms with E-state index in [1.807, 2.05) is 0 Å². The van der Waals surface area contributed by atoms with E-state index < -0.39 is 35.0 Å². The van der Waals surface area contributed by atoms with Crippen LogP contribution < -0.4 is 5.32 Å². The second-order valence-corrected chi connectivity index (χ2v) is 4.93. The summed E-state index contributed by atoms with van der Waals surface area (Å²) in [5.74, 6) is -3.40. The Labute approximate surface area is 146 Å². The van der Waals surface area contributed by atoms with Crippen LogP contribution in [-0.2, 0) is 14.3 Å². The van der Waals surface area contributed by atoms with Crippen molar-refractivity contribution >= 4 is 29.3 Å². The van der Waals surface area contributed by atoms with Gasteiger partial charge in [0, 0.05) is 18.2 Å². The van der Waals surface area contributed by atoms with Gasteiger partial charge in [-0.25, -0.2) is 13.6 Å². The summed E-state index contributed by atoms with van der Waals surface area (Å²) >= 11 is 0. The van der Waals surface area contributed by atoms with Gasteiger partial charge in [-0.3, -0.25) is 14.9 Å². The molecule has 7 nitrogen and oxygen atoms in total. The van der Waals surface area contributed by atoms with Gasteiger partial charge in [0.05, 0.1) is 16.2 Å². The van der Waals surface area contributed by atoms with E-state index in [-0.39, 0.29) is 16.9 Å². The summed E-state index contributed by atoms with van der Waals surface area (Å²) in [5, 5.41) is 12.9. The number of nitro benzene ring substituents is 1. The predicted octanol–water partition coefficient (Wildman–Crippen LogP) is 3.07. The number of anilines is 1. The zero-order chi connectivity index (χ0) is 19.1. The molecule has 1 N–H and O–H groups in total. The van der Waals surface area contributed by atoms with Crippen molar-refractivity contribution < 1.29 is 28.0 Å². The van der Waals surface area contributed by atoms with Crippen molar-refractivity contribution in [2.24, 2.45) is 0 Å². The van der Waals surface area contributed by atoms with Crippen LogP contribution in [0.1, 0.15) is 5.56 Å². The van der Waals surface area contributed by atoms with Gasteiger partial charge in [-0.2, -0.15) is 0 Å². The molecule has 1 amide bonds. The SMILES string of the molecule is O=C(COC(=O)/C=C/c1ccccc1[N+](=O)[O-])Nc1cc(F)ccc1F. The van der Waals surface area contributed by atoms with Crippen LogP contribution in [0.15, 0.2) is 48.5 Å². The number of benzene rings is 2. The van der Waals surface area contributed by atoms with Gasteiger partial charge in [-0.05, 0) is 24.3 Å². The summed E-state index contributed by atoms with van der Waals surface area (Å²) in [6.07, 6.45) is 2.09. The fourth-order valence-electron chi connectivity index (χ4n) is 1.92. The lowest BCUT2D eigenvalue weighted by Gasteiger charge is -2.06. The molecule has 0 fully saturated rings. The number of nitro groups is 1. The Morgan fingerprint density at radius 2 is 1.92 bits per heavy atom. The maximum atomic E-state index is 13.4. The molecule has 134 valence electrons. The van der Waals surface area contributed by atoms with Gasteiger partial charge in [-0.1, -0.05) is 12.1 Å². The third-order valence-electron chi connectivity index (χ3n) is 3.08. The molecule has 0 aliphatic carbocycles. The fraction of sp³-hybridized carbons (Fsp3) is 0.0588. The molecule has 0 saturated carbocycles. The maximum Gasteiger partial charge on any atom is 0.331 e. The third kappa shape index (κ3) is 5.20. The van der Waals surface area contributed by atoms with Crippen LogP contribution in [0.3, 0.4) is 0 Å². The second kappa shape index (κ2) is 8.47. The van der Waals surface area contributed by atoms with Crippen LogP contribution in [0.5, 0.6) is 0 Å². The Bertz CT molecular complexity index is 883. The highest BCUT2D eigenvalue weighted by Gasteiger charge is 2.12. The summed E-state index contributed by atoms with van der Waals surface area (Å²) in [6, 6.07) is 8.24. The van der Waals surface area contributed by atoms with Gasteiger partial charge in [0.1, 0.15) is 11.6 Å². The minimum absolute atomic E-state index is 0.181. The molecule has 2 rings (SSSR count). The van der Waals surface area contributed by atoms with Crippen molar-refractivity contribution in [3.05, 3.63) is 75.9 Å². The van der Waals surface area contributed by atoms with E-state index in [9.17, 15) is 28.5 Å². The number of hydrogen-bond acceptors (Lipinski definition) is 5. The highest BCUT2D eigenvalue weighted by Crippen LogP contribution is 2.19. The molecule has 0 bridgehead atoms. The zero-order valence-corrected chi connectivity index (χ0v) is 13.1. The van der Waals surface area contributed by atoms with Gasteiger partial charge in [0.2, 0.25) is 0 Å². The Hall–Kier alpha value is -3.62. The molecule has 0 radical (unpaired) electrons. The Balaban J connectivity index is 1.91. The molecule has 0 aliphatic heterocycles. The van der Waals surface area contributed by atoms with E-state index in [0.29, 0.717) is 0 Å². The second-order valence-electron chi connectivity index (χ2n) is 4.93. The number of nitrogens with one attached hydrogen (secondary N) is 1. The number of ether oxygens (including phenoxy) is 1. The largest absolute Gasteiger partial charge is 0.452 e. The molecule has 2 aromatic carbocycles. The van der Waals surface area contributed by atoms with Crippen molar-refractivity contribution in [2.75, 3.05) is 11.9 Å². The van der Waals surface area contributed by atoms with Gasteiger partial charge in [0.15, 0.2) is 6.61 Å². The number of para-hydroxylation sites is 1. The Kier molecular flexibility index (Phi) is 6.10. The molecule has 0 saturated heterocycles. The monoisotopic (exact) mass is 362 g/mol.